The van der Waals surface area contributed by atoms with Gasteiger partial charge in [0, 0.05) is 0 Å². The summed E-state index contributed by atoms with van der Waals surface area (Å²) in [7, 11) is 0. The number of hydrogen-bond acceptors (Lipinski definition) is 4. The first-order chi connectivity index (χ1) is 7.43. The highest BCUT2D eigenvalue weighted by molar-refractivity contribution is 5.99. The average molecular weight is 227 g/mol. The number of piperazine rings is 1. The van der Waals surface area contributed by atoms with Crippen molar-refractivity contribution in [2.45, 2.75) is 26.7 Å². The molecule has 0 aromatic heterocycles. The Labute approximate surface area is 96.4 Å². The molecule has 0 aromatic carbocycles. The van der Waals surface area contributed by atoms with Crippen LogP contribution in [-0.2, 0) is 9.59 Å². The maximum Gasteiger partial charge on any atom is 0.240 e. The molecule has 1 saturated heterocycles. The molecule has 5 nitrogen and oxygen atoms in total. The highest BCUT2D eigenvalue weighted by Crippen LogP contribution is 2.20. The van der Waals surface area contributed by atoms with Crippen molar-refractivity contribution in [2.24, 2.45) is 11.1 Å². The number of amides is 2. The van der Waals surface area contributed by atoms with Gasteiger partial charge in [0.2, 0.25) is 11.8 Å². The molecule has 0 aromatic rings. The van der Waals surface area contributed by atoms with Crippen LogP contribution in [0.5, 0.6) is 0 Å². The first-order valence-electron chi connectivity index (χ1n) is 5.68. The second-order valence-electron chi connectivity index (χ2n) is 5.15. The zero-order valence-electron chi connectivity index (χ0n) is 10.1. The van der Waals surface area contributed by atoms with Crippen molar-refractivity contribution >= 4 is 11.8 Å². The number of carbonyl (C=O) groups excluding carboxylic acids is 2. The van der Waals surface area contributed by atoms with Crippen molar-refractivity contribution in [2.75, 3.05) is 26.2 Å². The van der Waals surface area contributed by atoms with Crippen LogP contribution >= 0.6 is 0 Å². The predicted octanol–water partition coefficient (Wildman–Crippen LogP) is -0.290. The molecule has 2 amide bonds. The van der Waals surface area contributed by atoms with Crippen LogP contribution in [-0.4, -0.2) is 42.9 Å². The third-order valence-electron chi connectivity index (χ3n) is 2.89. The van der Waals surface area contributed by atoms with Gasteiger partial charge < -0.3 is 5.73 Å². The molecule has 1 fully saturated rings. The van der Waals surface area contributed by atoms with E-state index in [1.165, 1.54) is 0 Å². The minimum atomic E-state index is -0.200. The lowest BCUT2D eigenvalue weighted by Crippen LogP contribution is -2.51. The second kappa shape index (κ2) is 5.41. The zero-order valence-corrected chi connectivity index (χ0v) is 10.1. The molecular formula is C11H21N3O2. The molecule has 0 bridgehead atoms. The number of nitrogens with zero attached hydrogens (tertiary/aromatic N) is 1. The normalized spacial score (nSPS) is 18.7. The third-order valence-corrected chi connectivity index (χ3v) is 2.89. The first-order valence-corrected chi connectivity index (χ1v) is 5.68. The molecule has 0 saturated carbocycles. The number of rotatable bonds is 5. The Kier molecular flexibility index (Phi) is 4.44. The van der Waals surface area contributed by atoms with Crippen molar-refractivity contribution in [3.63, 3.8) is 0 Å². The molecular weight excluding hydrogens is 206 g/mol. The standard InChI is InChI=1S/C11H21N3O2/c1-11(2,8-12)4-3-5-14-6-9(15)13-10(16)7-14/h3-8,12H2,1-2H3,(H,13,15,16). The lowest BCUT2D eigenvalue weighted by Gasteiger charge is -2.27. The number of nitrogens with one attached hydrogen (secondary N) is 1. The van der Waals surface area contributed by atoms with E-state index in [1.54, 1.807) is 0 Å². The summed E-state index contributed by atoms with van der Waals surface area (Å²) in [5.74, 6) is -0.399. The van der Waals surface area contributed by atoms with E-state index in [-0.39, 0.29) is 17.2 Å². The highest BCUT2D eigenvalue weighted by Gasteiger charge is 2.22. The first kappa shape index (κ1) is 13.1. The van der Waals surface area contributed by atoms with Crippen LogP contribution in [0.25, 0.3) is 0 Å². The Bertz CT molecular complexity index is 260. The van der Waals surface area contributed by atoms with Gasteiger partial charge >= 0.3 is 0 Å². The van der Waals surface area contributed by atoms with Crippen LogP contribution in [0.15, 0.2) is 0 Å². The van der Waals surface area contributed by atoms with Gasteiger partial charge in [-0.3, -0.25) is 19.8 Å². The molecule has 0 atom stereocenters. The molecule has 1 aliphatic rings. The molecule has 16 heavy (non-hydrogen) atoms. The van der Waals surface area contributed by atoms with Crippen LogP contribution in [0.1, 0.15) is 26.7 Å². The van der Waals surface area contributed by atoms with Gasteiger partial charge in [-0.1, -0.05) is 13.8 Å². The lowest BCUT2D eigenvalue weighted by molar-refractivity contribution is -0.136. The van der Waals surface area contributed by atoms with E-state index in [9.17, 15) is 9.59 Å². The van der Waals surface area contributed by atoms with Crippen LogP contribution in [0.3, 0.4) is 0 Å². The topological polar surface area (TPSA) is 75.4 Å². The van der Waals surface area contributed by atoms with Crippen molar-refractivity contribution < 1.29 is 9.59 Å². The maximum absolute atomic E-state index is 11.1. The van der Waals surface area contributed by atoms with Gasteiger partial charge in [0.05, 0.1) is 13.1 Å². The lowest BCUT2D eigenvalue weighted by atomic mass is 9.88. The number of imide groups is 1. The second-order valence-corrected chi connectivity index (χ2v) is 5.15. The van der Waals surface area contributed by atoms with Gasteiger partial charge in [0.1, 0.15) is 0 Å². The number of hydrogen-bond donors (Lipinski definition) is 2. The van der Waals surface area contributed by atoms with E-state index in [4.69, 9.17) is 5.73 Å². The molecule has 0 spiro atoms. The molecule has 0 aliphatic carbocycles. The van der Waals surface area contributed by atoms with Gasteiger partial charge in [-0.2, -0.15) is 0 Å². The smallest absolute Gasteiger partial charge is 0.240 e. The van der Waals surface area contributed by atoms with E-state index in [0.717, 1.165) is 19.4 Å². The molecule has 0 radical (unpaired) electrons. The molecule has 0 unspecified atom stereocenters. The van der Waals surface area contributed by atoms with Gasteiger partial charge in [0.15, 0.2) is 0 Å². The molecule has 3 N–H and O–H groups in total. The van der Waals surface area contributed by atoms with Crippen molar-refractivity contribution in [1.29, 1.82) is 0 Å². The monoisotopic (exact) mass is 227 g/mol. The van der Waals surface area contributed by atoms with E-state index >= 15 is 0 Å². The summed E-state index contributed by atoms with van der Waals surface area (Å²) in [6, 6.07) is 0. The SMILES string of the molecule is CC(C)(CN)CCCN1CC(=O)NC(=O)C1. The van der Waals surface area contributed by atoms with Crippen molar-refractivity contribution in [3.8, 4) is 0 Å². The third kappa shape index (κ3) is 4.28. The van der Waals surface area contributed by atoms with E-state index in [1.807, 2.05) is 4.90 Å². The summed E-state index contributed by atoms with van der Waals surface area (Å²) in [5, 5.41) is 2.29. The minimum Gasteiger partial charge on any atom is -0.330 e. The molecule has 92 valence electrons. The van der Waals surface area contributed by atoms with Crippen molar-refractivity contribution in [1.82, 2.24) is 10.2 Å². The van der Waals surface area contributed by atoms with Gasteiger partial charge in [0.25, 0.3) is 0 Å². The fourth-order valence-corrected chi connectivity index (χ4v) is 1.74. The summed E-state index contributed by atoms with van der Waals surface area (Å²) in [4.78, 5) is 24.1. The summed E-state index contributed by atoms with van der Waals surface area (Å²) in [5.41, 5.74) is 5.78. The van der Waals surface area contributed by atoms with E-state index in [0.29, 0.717) is 19.6 Å². The highest BCUT2D eigenvalue weighted by atomic mass is 16.2. The Morgan fingerprint density at radius 3 is 2.38 bits per heavy atom. The van der Waals surface area contributed by atoms with Crippen LogP contribution in [0.4, 0.5) is 0 Å². The van der Waals surface area contributed by atoms with Crippen molar-refractivity contribution in [3.05, 3.63) is 0 Å². The van der Waals surface area contributed by atoms with E-state index in [2.05, 4.69) is 19.2 Å². The summed E-state index contributed by atoms with van der Waals surface area (Å²) in [6.45, 7) is 6.35. The van der Waals surface area contributed by atoms with Gasteiger partial charge in [-0.05, 0) is 31.3 Å². The van der Waals surface area contributed by atoms with E-state index < -0.39 is 0 Å². The number of carbonyl (C=O) groups is 2. The predicted molar refractivity (Wildman–Crippen MR) is 61.7 cm³/mol. The number of nitrogens with two attached hydrogens (primary N) is 1. The van der Waals surface area contributed by atoms with Crippen LogP contribution < -0.4 is 11.1 Å². The molecule has 1 rings (SSSR count). The summed E-state index contributed by atoms with van der Waals surface area (Å²) in [6.07, 6.45) is 1.97. The molecule has 5 heteroatoms. The fraction of sp³-hybridized carbons (Fsp3) is 0.818. The maximum atomic E-state index is 11.1. The van der Waals surface area contributed by atoms with Crippen LogP contribution in [0, 0.1) is 5.41 Å². The average Bonchev–Trinajstić information content (AvgIpc) is 2.16. The molecule has 1 aliphatic heterocycles. The van der Waals surface area contributed by atoms with Gasteiger partial charge in [-0.15, -0.1) is 0 Å². The zero-order chi connectivity index (χ0) is 12.2. The Morgan fingerprint density at radius 1 is 1.31 bits per heavy atom. The minimum absolute atomic E-state index is 0.141. The summed E-state index contributed by atoms with van der Waals surface area (Å²) >= 11 is 0. The Morgan fingerprint density at radius 2 is 1.88 bits per heavy atom. The van der Waals surface area contributed by atoms with Gasteiger partial charge in [-0.25, -0.2) is 0 Å². The summed E-state index contributed by atoms with van der Waals surface area (Å²) < 4.78 is 0. The molecule has 1 heterocycles. The van der Waals surface area contributed by atoms with Crippen LogP contribution in [0.2, 0.25) is 0 Å². The largest absolute Gasteiger partial charge is 0.330 e. The quantitative estimate of drug-likeness (QED) is 0.633. The Hall–Kier alpha value is -0.940. The fourth-order valence-electron chi connectivity index (χ4n) is 1.74. The Balaban J connectivity index is 2.27.